The van der Waals surface area contributed by atoms with Crippen LogP contribution in [0.5, 0.6) is 0 Å². The Labute approximate surface area is 123 Å². The van der Waals surface area contributed by atoms with E-state index >= 15 is 0 Å². The minimum Gasteiger partial charge on any atom is -0.259 e. The third kappa shape index (κ3) is 2.09. The first kappa shape index (κ1) is 12.8. The molecule has 1 heterocycles. The van der Waals surface area contributed by atoms with Crippen molar-refractivity contribution in [3.05, 3.63) is 40.0 Å². The van der Waals surface area contributed by atoms with Crippen molar-refractivity contribution in [3.8, 4) is 0 Å². The fourth-order valence-corrected chi connectivity index (χ4v) is 5.50. The Morgan fingerprint density at radius 2 is 1.70 bits per heavy atom. The van der Waals surface area contributed by atoms with Crippen LogP contribution in [0, 0.1) is 0 Å². The molecule has 0 radical (unpaired) electrons. The zero-order chi connectivity index (χ0) is 13.5. The molecule has 106 valence electrons. The normalized spacial score (nSPS) is 25.0. The van der Waals surface area contributed by atoms with Crippen LogP contribution in [0.4, 0.5) is 0 Å². The van der Waals surface area contributed by atoms with Gasteiger partial charge in [0.2, 0.25) is 0 Å². The molecule has 0 saturated carbocycles. The van der Waals surface area contributed by atoms with Crippen LogP contribution < -0.4 is 0 Å². The van der Waals surface area contributed by atoms with Crippen molar-refractivity contribution < 1.29 is 4.21 Å². The van der Waals surface area contributed by atoms with Gasteiger partial charge < -0.3 is 0 Å². The van der Waals surface area contributed by atoms with E-state index in [-0.39, 0.29) is 0 Å². The van der Waals surface area contributed by atoms with Gasteiger partial charge in [0.25, 0.3) is 0 Å². The molecule has 4 rings (SSSR count). The van der Waals surface area contributed by atoms with Gasteiger partial charge in [0.15, 0.2) is 0 Å². The van der Waals surface area contributed by atoms with Crippen LogP contribution in [0.1, 0.15) is 66.3 Å². The average molecular weight is 286 g/mol. The lowest BCUT2D eigenvalue weighted by Crippen LogP contribution is -2.10. The third-order valence-corrected chi connectivity index (χ3v) is 6.33. The van der Waals surface area contributed by atoms with Gasteiger partial charge in [0.05, 0.1) is 0 Å². The zero-order valence-corrected chi connectivity index (χ0v) is 12.9. The smallest absolute Gasteiger partial charge is 0.0498 e. The Hall–Kier alpha value is -0.890. The predicted molar refractivity (Wildman–Crippen MR) is 85.1 cm³/mol. The minimum atomic E-state index is -0.661. The molecule has 1 unspecified atom stereocenters. The zero-order valence-electron chi connectivity index (χ0n) is 12.0. The number of aryl methyl sites for hydroxylation is 1. The van der Waals surface area contributed by atoms with Gasteiger partial charge in [-0.3, -0.25) is 4.21 Å². The average Bonchev–Trinajstić information content (AvgIpc) is 2.85. The Bertz CT molecular complexity index is 612. The Kier molecular flexibility index (Phi) is 3.30. The van der Waals surface area contributed by atoms with Crippen molar-refractivity contribution in [2.45, 2.75) is 62.9 Å². The molecule has 0 saturated heterocycles. The summed E-state index contributed by atoms with van der Waals surface area (Å²) in [6.07, 6.45) is 12.7. The van der Waals surface area contributed by atoms with E-state index in [0.717, 1.165) is 11.5 Å². The number of hydrogen-bond acceptors (Lipinski definition) is 1. The molecule has 1 atom stereocenters. The first-order valence-corrected chi connectivity index (χ1v) is 9.52. The lowest BCUT2D eigenvalue weighted by Gasteiger charge is -2.25. The van der Waals surface area contributed by atoms with Crippen LogP contribution in [0.3, 0.4) is 0 Å². The maximum Gasteiger partial charge on any atom is 0.0498 e. The molecule has 1 nitrogen and oxygen atoms in total. The SMILES string of the molecule is O=S1Cc2cc3c(c(C4=CCCCC4)c2C1)CCCC3. The van der Waals surface area contributed by atoms with Crippen LogP contribution in [0.25, 0.3) is 5.57 Å². The molecular formula is C18H22OS. The lowest BCUT2D eigenvalue weighted by molar-refractivity contribution is 0.679. The van der Waals surface area contributed by atoms with Gasteiger partial charge >= 0.3 is 0 Å². The summed E-state index contributed by atoms with van der Waals surface area (Å²) in [4.78, 5) is 0. The first-order valence-electron chi connectivity index (χ1n) is 8.04. The molecule has 0 fully saturated rings. The predicted octanol–water partition coefficient (Wildman–Crippen LogP) is 4.29. The second-order valence-electron chi connectivity index (χ2n) is 6.44. The second-order valence-corrected chi connectivity index (χ2v) is 7.89. The van der Waals surface area contributed by atoms with E-state index < -0.39 is 10.8 Å². The fraction of sp³-hybridized carbons (Fsp3) is 0.556. The Morgan fingerprint density at radius 1 is 0.850 bits per heavy atom. The van der Waals surface area contributed by atoms with Crippen molar-refractivity contribution in [1.82, 2.24) is 0 Å². The van der Waals surface area contributed by atoms with Crippen molar-refractivity contribution in [2.75, 3.05) is 0 Å². The molecule has 1 aromatic carbocycles. The summed E-state index contributed by atoms with van der Waals surface area (Å²) in [5.74, 6) is 1.60. The largest absolute Gasteiger partial charge is 0.259 e. The standard InChI is InChI=1S/C18H22OS/c19-20-11-15-10-14-8-4-5-9-16(14)18(17(15)12-20)13-6-2-1-3-7-13/h6,10H,1-5,7-9,11-12H2. The molecule has 3 aliphatic rings. The van der Waals surface area contributed by atoms with Crippen LogP contribution in [-0.4, -0.2) is 4.21 Å². The number of hydrogen-bond donors (Lipinski definition) is 0. The van der Waals surface area contributed by atoms with Crippen molar-refractivity contribution >= 4 is 16.4 Å². The number of allylic oxidation sites excluding steroid dienone is 2. The van der Waals surface area contributed by atoms with E-state index in [1.807, 2.05) is 0 Å². The van der Waals surface area contributed by atoms with Crippen molar-refractivity contribution in [1.29, 1.82) is 0 Å². The van der Waals surface area contributed by atoms with Gasteiger partial charge in [-0.25, -0.2) is 0 Å². The Morgan fingerprint density at radius 3 is 2.55 bits per heavy atom. The molecule has 1 aromatic rings. The molecular weight excluding hydrogens is 264 g/mol. The van der Waals surface area contributed by atoms with E-state index in [4.69, 9.17) is 0 Å². The van der Waals surface area contributed by atoms with E-state index in [0.29, 0.717) is 0 Å². The summed E-state index contributed by atoms with van der Waals surface area (Å²) in [5, 5.41) is 0. The van der Waals surface area contributed by atoms with Gasteiger partial charge in [-0.2, -0.15) is 0 Å². The summed E-state index contributed by atoms with van der Waals surface area (Å²) in [7, 11) is -0.661. The molecule has 20 heavy (non-hydrogen) atoms. The van der Waals surface area contributed by atoms with Crippen molar-refractivity contribution in [2.24, 2.45) is 0 Å². The highest BCUT2D eigenvalue weighted by molar-refractivity contribution is 7.83. The molecule has 2 aliphatic carbocycles. The van der Waals surface area contributed by atoms with Gasteiger partial charge in [-0.15, -0.1) is 0 Å². The quantitative estimate of drug-likeness (QED) is 0.753. The monoisotopic (exact) mass is 286 g/mol. The van der Waals surface area contributed by atoms with Crippen LogP contribution in [0.15, 0.2) is 12.1 Å². The second kappa shape index (κ2) is 5.14. The number of fused-ring (bicyclic) bond motifs is 2. The summed E-state index contributed by atoms with van der Waals surface area (Å²) in [6, 6.07) is 2.39. The molecule has 0 N–H and O–H groups in total. The minimum absolute atomic E-state index is 0.661. The van der Waals surface area contributed by atoms with Gasteiger partial charge in [-0.05, 0) is 84.8 Å². The highest BCUT2D eigenvalue weighted by Crippen LogP contribution is 2.40. The maximum atomic E-state index is 12.0. The summed E-state index contributed by atoms with van der Waals surface area (Å²) in [6.45, 7) is 0. The van der Waals surface area contributed by atoms with Gasteiger partial charge in [0, 0.05) is 22.3 Å². The molecule has 2 heteroatoms. The first-order chi connectivity index (χ1) is 9.83. The summed E-state index contributed by atoms with van der Waals surface area (Å²) in [5.41, 5.74) is 9.13. The maximum absolute atomic E-state index is 12.0. The van der Waals surface area contributed by atoms with E-state index in [1.165, 1.54) is 62.5 Å². The van der Waals surface area contributed by atoms with Gasteiger partial charge in [-0.1, -0.05) is 12.1 Å². The molecule has 0 bridgehead atoms. The Balaban J connectivity index is 1.92. The number of rotatable bonds is 1. The fourth-order valence-electron chi connectivity index (χ4n) is 4.15. The highest BCUT2D eigenvalue weighted by Gasteiger charge is 2.27. The highest BCUT2D eigenvalue weighted by atomic mass is 32.2. The van der Waals surface area contributed by atoms with Crippen LogP contribution in [-0.2, 0) is 35.1 Å². The third-order valence-electron chi connectivity index (χ3n) is 5.08. The summed E-state index contributed by atoms with van der Waals surface area (Å²) < 4.78 is 12.0. The van der Waals surface area contributed by atoms with Crippen LogP contribution >= 0.6 is 0 Å². The molecule has 1 aliphatic heterocycles. The molecule has 0 amide bonds. The van der Waals surface area contributed by atoms with E-state index in [1.54, 1.807) is 22.3 Å². The topological polar surface area (TPSA) is 17.1 Å². The van der Waals surface area contributed by atoms with Crippen molar-refractivity contribution in [3.63, 3.8) is 0 Å². The van der Waals surface area contributed by atoms with E-state index in [2.05, 4.69) is 12.1 Å². The molecule has 0 aromatic heterocycles. The molecule has 0 spiro atoms. The van der Waals surface area contributed by atoms with Crippen LogP contribution in [0.2, 0.25) is 0 Å². The van der Waals surface area contributed by atoms with Gasteiger partial charge in [0.1, 0.15) is 0 Å². The lowest BCUT2D eigenvalue weighted by atomic mass is 9.79. The summed E-state index contributed by atoms with van der Waals surface area (Å²) >= 11 is 0. The van der Waals surface area contributed by atoms with E-state index in [9.17, 15) is 4.21 Å². The number of benzene rings is 1.